The molecule has 1 amide bonds. The minimum Gasteiger partial charge on any atom is -0.463 e. The SMILES string of the molecule is O=C(NCc1cc(-c2ccc(F)cc2)on1)c1cc(-c2ccco2)[nH]n1. The zero-order valence-corrected chi connectivity index (χ0v) is 13.4. The Morgan fingerprint density at radius 3 is 2.77 bits per heavy atom. The van der Waals surface area contributed by atoms with Crippen LogP contribution in [-0.4, -0.2) is 21.3 Å². The summed E-state index contributed by atoms with van der Waals surface area (Å²) in [5.74, 6) is 0.408. The Morgan fingerprint density at radius 2 is 2.00 bits per heavy atom. The predicted molar refractivity (Wildman–Crippen MR) is 89.4 cm³/mol. The Balaban J connectivity index is 1.40. The number of halogens is 1. The molecular weight excluding hydrogens is 339 g/mol. The maximum Gasteiger partial charge on any atom is 0.272 e. The van der Waals surface area contributed by atoms with Crippen LogP contribution in [-0.2, 0) is 6.54 Å². The number of carbonyl (C=O) groups excluding carboxylic acids is 1. The highest BCUT2D eigenvalue weighted by atomic mass is 19.1. The Kier molecular flexibility index (Phi) is 4.06. The second kappa shape index (κ2) is 6.67. The van der Waals surface area contributed by atoms with Crippen LogP contribution in [0.4, 0.5) is 4.39 Å². The number of hydrogen-bond donors (Lipinski definition) is 2. The minimum atomic E-state index is -0.356. The predicted octanol–water partition coefficient (Wildman–Crippen LogP) is 3.39. The van der Waals surface area contributed by atoms with Crippen molar-refractivity contribution in [2.24, 2.45) is 0 Å². The molecule has 2 N–H and O–H groups in total. The van der Waals surface area contributed by atoms with Gasteiger partial charge in [-0.2, -0.15) is 5.10 Å². The van der Waals surface area contributed by atoms with E-state index in [4.69, 9.17) is 8.94 Å². The van der Waals surface area contributed by atoms with Crippen LogP contribution in [0, 0.1) is 5.82 Å². The van der Waals surface area contributed by atoms with Gasteiger partial charge in [-0.3, -0.25) is 9.89 Å². The zero-order chi connectivity index (χ0) is 17.9. The van der Waals surface area contributed by atoms with Crippen molar-refractivity contribution >= 4 is 5.91 Å². The summed E-state index contributed by atoms with van der Waals surface area (Å²) in [5, 5.41) is 13.3. The van der Waals surface area contributed by atoms with Gasteiger partial charge in [-0.05, 0) is 36.4 Å². The van der Waals surface area contributed by atoms with Gasteiger partial charge in [-0.25, -0.2) is 4.39 Å². The lowest BCUT2D eigenvalue weighted by atomic mass is 10.1. The number of hydrogen-bond acceptors (Lipinski definition) is 5. The molecule has 0 atom stereocenters. The summed E-state index contributed by atoms with van der Waals surface area (Å²) in [6, 6.07) is 12.7. The van der Waals surface area contributed by atoms with Crippen molar-refractivity contribution < 1.29 is 18.1 Å². The summed E-state index contributed by atoms with van der Waals surface area (Å²) in [4.78, 5) is 12.2. The Hall–Kier alpha value is -3.68. The first-order valence-corrected chi connectivity index (χ1v) is 7.78. The first kappa shape index (κ1) is 15.8. The van der Waals surface area contributed by atoms with Crippen molar-refractivity contribution in [2.75, 3.05) is 0 Å². The average molecular weight is 352 g/mol. The van der Waals surface area contributed by atoms with E-state index in [1.807, 2.05) is 0 Å². The molecule has 0 saturated carbocycles. The second-order valence-corrected chi connectivity index (χ2v) is 5.52. The molecule has 0 fully saturated rings. The smallest absolute Gasteiger partial charge is 0.272 e. The van der Waals surface area contributed by atoms with Crippen molar-refractivity contribution in [3.8, 4) is 22.8 Å². The number of nitrogens with one attached hydrogen (secondary N) is 2. The fourth-order valence-corrected chi connectivity index (χ4v) is 2.40. The number of H-pyrrole nitrogens is 1. The van der Waals surface area contributed by atoms with E-state index in [2.05, 4.69) is 20.7 Å². The lowest BCUT2D eigenvalue weighted by Crippen LogP contribution is -2.23. The quantitative estimate of drug-likeness (QED) is 0.574. The molecule has 0 radical (unpaired) electrons. The number of carbonyl (C=O) groups is 1. The Bertz CT molecular complexity index is 1020. The lowest BCUT2D eigenvalue weighted by molar-refractivity contribution is 0.0945. The fourth-order valence-electron chi connectivity index (χ4n) is 2.40. The number of amides is 1. The summed E-state index contributed by atoms with van der Waals surface area (Å²) < 4.78 is 23.4. The van der Waals surface area contributed by atoms with Crippen molar-refractivity contribution in [3.05, 3.63) is 72.0 Å². The molecule has 0 spiro atoms. The maximum atomic E-state index is 13.0. The van der Waals surface area contributed by atoms with E-state index < -0.39 is 0 Å². The topological polar surface area (TPSA) is 97.0 Å². The molecule has 0 aliphatic heterocycles. The minimum absolute atomic E-state index is 0.173. The third-order valence-electron chi connectivity index (χ3n) is 3.71. The van der Waals surface area contributed by atoms with Gasteiger partial charge in [0.1, 0.15) is 17.2 Å². The van der Waals surface area contributed by atoms with E-state index in [0.717, 1.165) is 0 Å². The van der Waals surface area contributed by atoms with Gasteiger partial charge in [-0.1, -0.05) is 5.16 Å². The molecular formula is C18H13FN4O3. The van der Waals surface area contributed by atoms with Gasteiger partial charge in [0.15, 0.2) is 17.2 Å². The summed E-state index contributed by atoms with van der Waals surface area (Å²) in [6.45, 7) is 0.173. The zero-order valence-electron chi connectivity index (χ0n) is 13.4. The van der Waals surface area contributed by atoms with Crippen molar-refractivity contribution in [1.29, 1.82) is 0 Å². The molecule has 0 aliphatic carbocycles. The van der Waals surface area contributed by atoms with Crippen LogP contribution in [0.5, 0.6) is 0 Å². The molecule has 1 aromatic carbocycles. The van der Waals surface area contributed by atoms with E-state index in [-0.39, 0.29) is 24.0 Å². The Morgan fingerprint density at radius 1 is 1.15 bits per heavy atom. The number of benzene rings is 1. The summed E-state index contributed by atoms with van der Waals surface area (Å²) in [5.41, 5.74) is 2.09. The van der Waals surface area contributed by atoms with Gasteiger partial charge < -0.3 is 14.3 Å². The monoisotopic (exact) mass is 352 g/mol. The second-order valence-electron chi connectivity index (χ2n) is 5.52. The number of furan rings is 1. The Labute approximate surface area is 146 Å². The van der Waals surface area contributed by atoms with Crippen LogP contribution in [0.3, 0.4) is 0 Å². The first-order chi connectivity index (χ1) is 12.7. The number of aromatic amines is 1. The number of aromatic nitrogens is 3. The molecule has 4 rings (SSSR count). The summed E-state index contributed by atoms with van der Waals surface area (Å²) in [6.07, 6.45) is 1.54. The van der Waals surface area contributed by atoms with Crippen LogP contribution >= 0.6 is 0 Å². The molecule has 26 heavy (non-hydrogen) atoms. The molecule has 0 unspecified atom stereocenters. The average Bonchev–Trinajstić information content (AvgIpc) is 3.41. The van der Waals surface area contributed by atoms with E-state index in [1.165, 1.54) is 12.1 Å². The fraction of sp³-hybridized carbons (Fsp3) is 0.0556. The molecule has 8 heteroatoms. The van der Waals surface area contributed by atoms with Gasteiger partial charge in [-0.15, -0.1) is 0 Å². The number of rotatable bonds is 5. The maximum absolute atomic E-state index is 13.0. The van der Waals surface area contributed by atoms with Gasteiger partial charge in [0.2, 0.25) is 0 Å². The number of nitrogens with zero attached hydrogens (tertiary/aromatic N) is 2. The normalized spacial score (nSPS) is 10.8. The van der Waals surface area contributed by atoms with Crippen molar-refractivity contribution in [1.82, 2.24) is 20.7 Å². The summed E-state index contributed by atoms with van der Waals surface area (Å²) in [7, 11) is 0. The molecule has 7 nitrogen and oxygen atoms in total. The highest BCUT2D eigenvalue weighted by molar-refractivity contribution is 5.93. The van der Waals surface area contributed by atoms with Gasteiger partial charge >= 0.3 is 0 Å². The van der Waals surface area contributed by atoms with Gasteiger partial charge in [0.05, 0.1) is 12.8 Å². The molecule has 0 aliphatic rings. The van der Waals surface area contributed by atoms with E-state index in [1.54, 1.807) is 42.7 Å². The largest absolute Gasteiger partial charge is 0.463 e. The van der Waals surface area contributed by atoms with E-state index in [9.17, 15) is 9.18 Å². The summed E-state index contributed by atoms with van der Waals surface area (Å²) >= 11 is 0. The lowest BCUT2D eigenvalue weighted by Gasteiger charge is -1.98. The van der Waals surface area contributed by atoms with E-state index >= 15 is 0 Å². The highest BCUT2D eigenvalue weighted by Crippen LogP contribution is 2.21. The van der Waals surface area contributed by atoms with Crippen LogP contribution in [0.2, 0.25) is 0 Å². The third-order valence-corrected chi connectivity index (χ3v) is 3.71. The standard InChI is InChI=1S/C18H13FN4O3/c19-12-5-3-11(4-6-12)17-8-13(23-26-17)10-20-18(24)15-9-14(21-22-15)16-2-1-7-25-16/h1-9H,10H2,(H,20,24)(H,21,22). The molecule has 3 aromatic heterocycles. The molecule has 4 aromatic rings. The van der Waals surface area contributed by atoms with Gasteiger partial charge in [0, 0.05) is 17.7 Å². The first-order valence-electron chi connectivity index (χ1n) is 7.78. The van der Waals surface area contributed by atoms with Crippen molar-refractivity contribution in [3.63, 3.8) is 0 Å². The highest BCUT2D eigenvalue weighted by Gasteiger charge is 2.14. The van der Waals surface area contributed by atoms with Crippen LogP contribution in [0.1, 0.15) is 16.2 Å². The molecule has 0 bridgehead atoms. The van der Waals surface area contributed by atoms with E-state index in [0.29, 0.717) is 28.5 Å². The molecule has 130 valence electrons. The third kappa shape index (κ3) is 3.25. The molecule has 0 saturated heterocycles. The van der Waals surface area contributed by atoms with Gasteiger partial charge in [0.25, 0.3) is 5.91 Å². The van der Waals surface area contributed by atoms with Crippen LogP contribution in [0.15, 0.2) is 63.7 Å². The van der Waals surface area contributed by atoms with Crippen LogP contribution in [0.25, 0.3) is 22.8 Å². The van der Waals surface area contributed by atoms with Crippen LogP contribution < -0.4 is 5.32 Å². The molecule has 3 heterocycles. The van der Waals surface area contributed by atoms with Crippen molar-refractivity contribution in [2.45, 2.75) is 6.54 Å².